The molecule has 1 aliphatic carbocycles. The van der Waals surface area contributed by atoms with Gasteiger partial charge >= 0.3 is 6.03 Å². The summed E-state index contributed by atoms with van der Waals surface area (Å²) in [6, 6.07) is 6.24. The molecule has 1 heterocycles. The van der Waals surface area contributed by atoms with Crippen molar-refractivity contribution in [3.63, 3.8) is 0 Å². The van der Waals surface area contributed by atoms with Crippen LogP contribution in [0, 0.1) is 5.92 Å². The Bertz CT molecular complexity index is 699. The van der Waals surface area contributed by atoms with Gasteiger partial charge in [-0.1, -0.05) is 31.0 Å². The number of halogens is 1. The van der Waals surface area contributed by atoms with Crippen molar-refractivity contribution in [2.75, 3.05) is 11.9 Å². The highest BCUT2D eigenvalue weighted by Gasteiger charge is 2.52. The molecule has 7 heteroatoms. The van der Waals surface area contributed by atoms with Crippen LogP contribution in [-0.4, -0.2) is 34.8 Å². The van der Waals surface area contributed by atoms with Crippen LogP contribution in [0.5, 0.6) is 0 Å². The van der Waals surface area contributed by atoms with E-state index in [0.29, 0.717) is 29.5 Å². The molecule has 0 bridgehead atoms. The minimum atomic E-state index is -0.820. The lowest BCUT2D eigenvalue weighted by Crippen LogP contribution is -2.49. The van der Waals surface area contributed by atoms with Crippen molar-refractivity contribution >= 4 is 35.1 Å². The van der Waals surface area contributed by atoms with Crippen LogP contribution in [0.4, 0.5) is 10.5 Å². The molecule has 134 valence electrons. The van der Waals surface area contributed by atoms with E-state index in [4.69, 9.17) is 11.6 Å². The van der Waals surface area contributed by atoms with Crippen LogP contribution in [0.3, 0.4) is 0 Å². The van der Waals surface area contributed by atoms with Crippen LogP contribution in [0.2, 0.25) is 5.02 Å². The van der Waals surface area contributed by atoms with Gasteiger partial charge in [0.15, 0.2) is 0 Å². The van der Waals surface area contributed by atoms with Gasteiger partial charge in [-0.25, -0.2) is 4.79 Å². The fourth-order valence-corrected chi connectivity index (χ4v) is 3.84. The third-order valence-corrected chi connectivity index (χ3v) is 5.43. The van der Waals surface area contributed by atoms with Crippen LogP contribution < -0.4 is 10.6 Å². The molecule has 1 aromatic rings. The summed E-state index contributed by atoms with van der Waals surface area (Å²) >= 11 is 5.89. The zero-order chi connectivity index (χ0) is 18.0. The summed E-state index contributed by atoms with van der Waals surface area (Å²) in [7, 11) is 0. The van der Waals surface area contributed by atoms with Gasteiger partial charge in [-0.3, -0.25) is 14.5 Å². The number of rotatable bonds is 4. The number of carbonyl (C=O) groups is 3. The Hall–Kier alpha value is -2.08. The summed E-state index contributed by atoms with van der Waals surface area (Å²) in [6.45, 7) is 1.85. The number of nitrogens with one attached hydrogen (secondary N) is 2. The van der Waals surface area contributed by atoms with Gasteiger partial charge in [-0.15, -0.1) is 0 Å². The molecule has 0 atom stereocenters. The first-order valence-electron chi connectivity index (χ1n) is 8.63. The van der Waals surface area contributed by atoms with E-state index in [1.807, 2.05) is 0 Å². The molecule has 2 N–H and O–H groups in total. The van der Waals surface area contributed by atoms with E-state index in [9.17, 15) is 14.4 Å². The van der Waals surface area contributed by atoms with Crippen molar-refractivity contribution in [3.05, 3.63) is 29.3 Å². The fourth-order valence-electron chi connectivity index (χ4n) is 3.65. The second kappa shape index (κ2) is 7.04. The van der Waals surface area contributed by atoms with Crippen molar-refractivity contribution in [1.82, 2.24) is 10.2 Å². The third kappa shape index (κ3) is 3.63. The monoisotopic (exact) mass is 363 g/mol. The molecule has 3 rings (SSSR count). The summed E-state index contributed by atoms with van der Waals surface area (Å²) in [5, 5.41) is 5.99. The SMILES string of the molecule is CCC1CCC2(CC1)NC(=O)N(CC(=O)Nc1cccc(Cl)c1)C2=O. The predicted octanol–water partition coefficient (Wildman–Crippen LogP) is 3.17. The first kappa shape index (κ1) is 17.7. The molecule has 2 fully saturated rings. The largest absolute Gasteiger partial charge is 0.325 e. The smallest absolute Gasteiger partial charge is 0.324 e. The molecule has 4 amide bonds. The minimum Gasteiger partial charge on any atom is -0.324 e. The number of amides is 4. The standard InChI is InChI=1S/C18H22ClN3O3/c1-2-12-6-8-18(9-7-12)16(24)22(17(25)21-18)11-15(23)20-14-5-3-4-13(19)10-14/h3-5,10,12H,2,6-9,11H2,1H3,(H,20,23)(H,21,25). The average Bonchev–Trinajstić information content (AvgIpc) is 2.80. The second-order valence-electron chi connectivity index (χ2n) is 6.81. The number of benzene rings is 1. The molecule has 1 spiro atoms. The van der Waals surface area contributed by atoms with Crippen LogP contribution in [-0.2, 0) is 9.59 Å². The lowest BCUT2D eigenvalue weighted by Gasteiger charge is -2.34. The lowest BCUT2D eigenvalue weighted by atomic mass is 9.75. The Kier molecular flexibility index (Phi) is 4.99. The molecule has 6 nitrogen and oxygen atoms in total. The first-order chi connectivity index (χ1) is 11.9. The summed E-state index contributed by atoms with van der Waals surface area (Å²) in [4.78, 5) is 38.2. The van der Waals surface area contributed by atoms with Crippen molar-refractivity contribution in [2.24, 2.45) is 5.92 Å². The maximum Gasteiger partial charge on any atom is 0.325 e. The average molecular weight is 364 g/mol. The Morgan fingerprint density at radius 2 is 2.08 bits per heavy atom. The molecular formula is C18H22ClN3O3. The highest BCUT2D eigenvalue weighted by atomic mass is 35.5. The second-order valence-corrected chi connectivity index (χ2v) is 7.25. The van der Waals surface area contributed by atoms with Gasteiger partial charge in [-0.2, -0.15) is 0 Å². The summed E-state index contributed by atoms with van der Waals surface area (Å²) in [5.41, 5.74) is -0.290. The third-order valence-electron chi connectivity index (χ3n) is 5.19. The zero-order valence-corrected chi connectivity index (χ0v) is 14.9. The van der Waals surface area contributed by atoms with Crippen molar-refractivity contribution in [3.8, 4) is 0 Å². The molecule has 1 saturated heterocycles. The van der Waals surface area contributed by atoms with E-state index in [2.05, 4.69) is 17.6 Å². The molecule has 0 radical (unpaired) electrons. The Labute approximate surface area is 151 Å². The lowest BCUT2D eigenvalue weighted by molar-refractivity contribution is -0.135. The van der Waals surface area contributed by atoms with E-state index in [1.54, 1.807) is 24.3 Å². The zero-order valence-electron chi connectivity index (χ0n) is 14.2. The molecule has 0 unspecified atom stereocenters. The fraction of sp³-hybridized carbons (Fsp3) is 0.500. The number of nitrogens with zero attached hydrogens (tertiary/aromatic N) is 1. The number of hydrogen-bond donors (Lipinski definition) is 2. The van der Waals surface area contributed by atoms with Gasteiger partial charge in [0.25, 0.3) is 5.91 Å². The number of carbonyl (C=O) groups excluding carboxylic acids is 3. The minimum absolute atomic E-state index is 0.284. The quantitative estimate of drug-likeness (QED) is 0.806. The van der Waals surface area contributed by atoms with Crippen molar-refractivity contribution in [2.45, 2.75) is 44.6 Å². The van der Waals surface area contributed by atoms with E-state index in [0.717, 1.165) is 24.2 Å². The van der Waals surface area contributed by atoms with Crippen LogP contribution >= 0.6 is 11.6 Å². The first-order valence-corrected chi connectivity index (χ1v) is 9.01. The van der Waals surface area contributed by atoms with Crippen LogP contribution in [0.15, 0.2) is 24.3 Å². The maximum absolute atomic E-state index is 12.8. The van der Waals surface area contributed by atoms with Crippen LogP contribution in [0.25, 0.3) is 0 Å². The maximum atomic E-state index is 12.8. The summed E-state index contributed by atoms with van der Waals surface area (Å²) in [5.74, 6) is -0.103. The van der Waals surface area contributed by atoms with Gasteiger partial charge in [-0.05, 0) is 49.8 Å². The van der Waals surface area contributed by atoms with Crippen molar-refractivity contribution < 1.29 is 14.4 Å². The van der Waals surface area contributed by atoms with E-state index in [-0.39, 0.29) is 12.5 Å². The number of imide groups is 1. The molecule has 1 saturated carbocycles. The van der Waals surface area contributed by atoms with E-state index < -0.39 is 17.5 Å². The Morgan fingerprint density at radius 3 is 2.72 bits per heavy atom. The van der Waals surface area contributed by atoms with Gasteiger partial charge in [0.1, 0.15) is 12.1 Å². The highest BCUT2D eigenvalue weighted by molar-refractivity contribution is 6.30. The van der Waals surface area contributed by atoms with Gasteiger partial charge in [0, 0.05) is 10.7 Å². The van der Waals surface area contributed by atoms with E-state index in [1.165, 1.54) is 0 Å². The Balaban J connectivity index is 1.64. The van der Waals surface area contributed by atoms with Crippen molar-refractivity contribution in [1.29, 1.82) is 0 Å². The molecule has 0 aromatic heterocycles. The molecule has 1 aromatic carbocycles. The predicted molar refractivity (Wildman–Crippen MR) is 95.3 cm³/mol. The van der Waals surface area contributed by atoms with Gasteiger partial charge < -0.3 is 10.6 Å². The number of anilines is 1. The molecular weight excluding hydrogens is 342 g/mol. The van der Waals surface area contributed by atoms with Crippen LogP contribution in [0.1, 0.15) is 39.0 Å². The molecule has 25 heavy (non-hydrogen) atoms. The molecule has 2 aliphatic rings. The number of urea groups is 1. The number of hydrogen-bond acceptors (Lipinski definition) is 3. The molecule has 1 aliphatic heterocycles. The normalized spacial score (nSPS) is 26.0. The van der Waals surface area contributed by atoms with Gasteiger partial charge in [0.05, 0.1) is 0 Å². The topological polar surface area (TPSA) is 78.5 Å². The Morgan fingerprint density at radius 1 is 1.36 bits per heavy atom. The van der Waals surface area contributed by atoms with E-state index >= 15 is 0 Å². The van der Waals surface area contributed by atoms with Gasteiger partial charge in [0.2, 0.25) is 5.91 Å². The highest BCUT2D eigenvalue weighted by Crippen LogP contribution is 2.37. The summed E-state index contributed by atoms with van der Waals surface area (Å²) in [6.07, 6.45) is 4.21. The summed E-state index contributed by atoms with van der Waals surface area (Å²) < 4.78 is 0.